The maximum Gasteiger partial charge on any atom is 0.277 e. The van der Waals surface area contributed by atoms with Gasteiger partial charge in [0.15, 0.2) is 0 Å². The predicted molar refractivity (Wildman–Crippen MR) is 111 cm³/mol. The summed E-state index contributed by atoms with van der Waals surface area (Å²) in [6, 6.07) is 13.4. The highest BCUT2D eigenvalue weighted by atomic mass is 32.2. The van der Waals surface area contributed by atoms with Gasteiger partial charge in [-0.05, 0) is 52.0 Å². The highest BCUT2D eigenvalue weighted by Gasteiger charge is 2.20. The molecule has 3 rings (SSSR count). The van der Waals surface area contributed by atoms with Crippen LogP contribution in [0.2, 0.25) is 0 Å². The van der Waals surface area contributed by atoms with Crippen molar-refractivity contribution in [1.82, 2.24) is 10.2 Å². The number of rotatable bonds is 7. The van der Waals surface area contributed by atoms with Crippen molar-refractivity contribution >= 4 is 23.4 Å². The molecule has 1 aromatic heterocycles. The molecular weight excluding hydrogens is 374 g/mol. The maximum absolute atomic E-state index is 12.6. The van der Waals surface area contributed by atoms with E-state index in [9.17, 15) is 4.79 Å². The first-order chi connectivity index (χ1) is 13.5. The molecule has 0 unspecified atom stereocenters. The van der Waals surface area contributed by atoms with E-state index in [1.54, 1.807) is 6.92 Å². The minimum absolute atomic E-state index is 0.164. The van der Waals surface area contributed by atoms with E-state index in [0.29, 0.717) is 29.2 Å². The zero-order valence-electron chi connectivity index (χ0n) is 16.4. The highest BCUT2D eigenvalue weighted by Crippen LogP contribution is 2.29. The summed E-state index contributed by atoms with van der Waals surface area (Å²) in [5, 5.41) is 11.0. The Morgan fingerprint density at radius 3 is 2.61 bits per heavy atom. The lowest BCUT2D eigenvalue weighted by Crippen LogP contribution is -2.22. The molecule has 0 radical (unpaired) electrons. The van der Waals surface area contributed by atoms with Crippen LogP contribution in [0.25, 0.3) is 11.5 Å². The number of hydrogen-bond acceptors (Lipinski definition) is 6. The molecule has 2 aromatic carbocycles. The number of aromatic nitrogens is 2. The fourth-order valence-corrected chi connectivity index (χ4v) is 3.45. The molecule has 0 fully saturated rings. The van der Waals surface area contributed by atoms with Crippen LogP contribution in [0.1, 0.15) is 25.0 Å². The van der Waals surface area contributed by atoms with Gasteiger partial charge in [-0.2, -0.15) is 0 Å². The van der Waals surface area contributed by atoms with Gasteiger partial charge >= 0.3 is 0 Å². The Kier molecular flexibility index (Phi) is 6.36. The van der Waals surface area contributed by atoms with Gasteiger partial charge in [-0.1, -0.05) is 41.1 Å². The first kappa shape index (κ1) is 19.9. The summed E-state index contributed by atoms with van der Waals surface area (Å²) in [6.45, 7) is 8.27. The van der Waals surface area contributed by atoms with Gasteiger partial charge in [-0.25, -0.2) is 0 Å². The van der Waals surface area contributed by atoms with E-state index in [-0.39, 0.29) is 5.91 Å². The largest absolute Gasteiger partial charge is 0.492 e. The quantitative estimate of drug-likeness (QED) is 0.573. The first-order valence-electron chi connectivity index (χ1n) is 9.07. The maximum atomic E-state index is 12.6. The molecule has 0 aliphatic rings. The summed E-state index contributed by atoms with van der Waals surface area (Å²) in [6.07, 6.45) is 0. The standard InChI is InChI=1S/C21H23N3O3S/c1-5-26-18-9-7-6-8-17(18)22-19(25)15(4)28-21-24-23-20(27-21)16-11-13(2)10-14(3)12-16/h6-12,15H,5H2,1-4H3,(H,22,25)/t15-/m0/s1. The van der Waals surface area contributed by atoms with Crippen molar-refractivity contribution in [2.24, 2.45) is 0 Å². The van der Waals surface area contributed by atoms with Gasteiger partial charge in [0.2, 0.25) is 11.8 Å². The van der Waals surface area contributed by atoms with Gasteiger partial charge in [0.05, 0.1) is 17.5 Å². The van der Waals surface area contributed by atoms with Gasteiger partial charge in [0.25, 0.3) is 5.22 Å². The molecule has 146 valence electrons. The van der Waals surface area contributed by atoms with E-state index >= 15 is 0 Å². The fraction of sp³-hybridized carbons (Fsp3) is 0.286. The summed E-state index contributed by atoms with van der Waals surface area (Å²) in [5.74, 6) is 0.928. The molecule has 1 heterocycles. The van der Waals surface area contributed by atoms with Crippen molar-refractivity contribution < 1.29 is 13.9 Å². The summed E-state index contributed by atoms with van der Waals surface area (Å²) < 4.78 is 11.3. The van der Waals surface area contributed by atoms with Crippen molar-refractivity contribution in [3.8, 4) is 17.2 Å². The zero-order chi connectivity index (χ0) is 20.1. The predicted octanol–water partition coefficient (Wildman–Crippen LogP) is 4.87. The minimum atomic E-state index is -0.415. The number of carbonyl (C=O) groups is 1. The third-order valence-corrected chi connectivity index (χ3v) is 4.90. The molecule has 1 N–H and O–H groups in total. The number of nitrogens with one attached hydrogen (secondary N) is 1. The van der Waals surface area contributed by atoms with Crippen LogP contribution >= 0.6 is 11.8 Å². The minimum Gasteiger partial charge on any atom is -0.492 e. The Hall–Kier alpha value is -2.80. The molecule has 3 aromatic rings. The smallest absolute Gasteiger partial charge is 0.277 e. The third-order valence-electron chi connectivity index (χ3n) is 3.97. The Bertz CT molecular complexity index is 951. The van der Waals surface area contributed by atoms with Crippen molar-refractivity contribution in [1.29, 1.82) is 0 Å². The number of para-hydroxylation sites is 2. The normalized spacial score (nSPS) is 11.9. The molecule has 28 heavy (non-hydrogen) atoms. The molecule has 1 atom stereocenters. The van der Waals surface area contributed by atoms with Gasteiger partial charge in [0, 0.05) is 5.56 Å². The van der Waals surface area contributed by atoms with Crippen LogP contribution in [0, 0.1) is 13.8 Å². The number of carbonyl (C=O) groups excluding carboxylic acids is 1. The van der Waals surface area contributed by atoms with Crippen LogP contribution in [0.5, 0.6) is 5.75 Å². The Morgan fingerprint density at radius 2 is 1.89 bits per heavy atom. The number of nitrogens with zero attached hydrogens (tertiary/aromatic N) is 2. The average molecular weight is 398 g/mol. The Labute approximate surface area is 168 Å². The molecular formula is C21H23N3O3S. The van der Waals surface area contributed by atoms with Crippen LogP contribution in [0.15, 0.2) is 52.1 Å². The zero-order valence-corrected chi connectivity index (χ0v) is 17.2. The lowest BCUT2D eigenvalue weighted by molar-refractivity contribution is -0.115. The second-order valence-electron chi connectivity index (χ2n) is 6.43. The number of benzene rings is 2. The van der Waals surface area contributed by atoms with Crippen molar-refractivity contribution in [3.05, 3.63) is 53.6 Å². The van der Waals surface area contributed by atoms with E-state index < -0.39 is 5.25 Å². The fourth-order valence-electron chi connectivity index (χ4n) is 2.76. The molecule has 0 spiro atoms. The van der Waals surface area contributed by atoms with Crippen LogP contribution in [0.3, 0.4) is 0 Å². The molecule has 0 saturated heterocycles. The van der Waals surface area contributed by atoms with Crippen LogP contribution in [-0.4, -0.2) is 28.0 Å². The monoisotopic (exact) mass is 397 g/mol. The summed E-state index contributed by atoms with van der Waals surface area (Å²) in [7, 11) is 0. The molecule has 7 heteroatoms. The number of aryl methyl sites for hydroxylation is 2. The van der Waals surface area contributed by atoms with Crippen LogP contribution < -0.4 is 10.1 Å². The lowest BCUT2D eigenvalue weighted by Gasteiger charge is -2.13. The molecule has 0 aliphatic carbocycles. The number of ether oxygens (including phenoxy) is 1. The second kappa shape index (κ2) is 8.93. The van der Waals surface area contributed by atoms with Crippen LogP contribution in [-0.2, 0) is 4.79 Å². The average Bonchev–Trinajstić information content (AvgIpc) is 3.11. The first-order valence-corrected chi connectivity index (χ1v) is 9.95. The van der Waals surface area contributed by atoms with Crippen molar-refractivity contribution in [2.45, 2.75) is 38.2 Å². The number of amides is 1. The second-order valence-corrected chi connectivity index (χ2v) is 7.72. The van der Waals surface area contributed by atoms with Crippen LogP contribution in [0.4, 0.5) is 5.69 Å². The van der Waals surface area contributed by atoms with E-state index in [4.69, 9.17) is 9.15 Å². The van der Waals surface area contributed by atoms with Gasteiger partial charge in [-0.15, -0.1) is 10.2 Å². The van der Waals surface area contributed by atoms with E-state index in [1.807, 2.05) is 57.2 Å². The number of anilines is 1. The topological polar surface area (TPSA) is 77.2 Å². The lowest BCUT2D eigenvalue weighted by atomic mass is 10.1. The summed E-state index contributed by atoms with van der Waals surface area (Å²) in [5.41, 5.74) is 3.77. The Morgan fingerprint density at radius 1 is 1.18 bits per heavy atom. The van der Waals surface area contributed by atoms with E-state index in [2.05, 4.69) is 21.6 Å². The summed E-state index contributed by atoms with van der Waals surface area (Å²) in [4.78, 5) is 12.6. The van der Waals surface area contributed by atoms with Gasteiger partial charge < -0.3 is 14.5 Å². The van der Waals surface area contributed by atoms with E-state index in [0.717, 1.165) is 16.7 Å². The SMILES string of the molecule is CCOc1ccccc1NC(=O)[C@H](C)Sc1nnc(-c2cc(C)cc(C)c2)o1. The summed E-state index contributed by atoms with van der Waals surface area (Å²) >= 11 is 1.22. The molecule has 0 aliphatic heterocycles. The van der Waals surface area contributed by atoms with E-state index in [1.165, 1.54) is 11.8 Å². The molecule has 0 bridgehead atoms. The molecule has 6 nitrogen and oxygen atoms in total. The highest BCUT2D eigenvalue weighted by molar-refractivity contribution is 8.00. The van der Waals surface area contributed by atoms with Gasteiger partial charge in [-0.3, -0.25) is 4.79 Å². The van der Waals surface area contributed by atoms with Gasteiger partial charge in [0.1, 0.15) is 5.75 Å². The third kappa shape index (κ3) is 4.92. The van der Waals surface area contributed by atoms with Crippen molar-refractivity contribution in [2.75, 3.05) is 11.9 Å². The number of hydrogen-bond donors (Lipinski definition) is 1. The number of thioether (sulfide) groups is 1. The van der Waals surface area contributed by atoms with Crippen molar-refractivity contribution in [3.63, 3.8) is 0 Å². The molecule has 0 saturated carbocycles. The Balaban J connectivity index is 1.67. The molecule has 1 amide bonds.